The maximum absolute atomic E-state index is 11.6. The SMILES string of the molecule is C.CC(=O)C(C)NC(=O)CC(C)C.CC(=O)C(CC(C)C)NC(=O)CC(C)C.CC(=O)[C@@H](C)NC(=O)CC(C)C.CC(=O)[C@@H](CC(C)C)NC(=O)CC(C)C.CC(=O)[C@H](C)NC(=O)CC(C)C.CC(=O)[C@H](CC(C)C)NC(=O)CC(C)C.CC(C)CC(=O)N1CCCC1C.CC(C)CC(=O)N1CCC[C@@H]1C(=O)O.CC(C)CC(=O)N1CCC[C@H]1C. The molecule has 3 unspecified atom stereocenters. The standard InChI is InChI=1S/3C12H23NO2.C10H17NO3.2C10H19NO.3C9H17NO2.CH4/c3*1-8(2)6-11(10(5)14)13-12(15)7-9(3)4;1-7(2)6-9(12)11-5-3-4-8(11)10(13)14;2*1-8(2)7-10(12)11-6-4-5-9(11)3;3*1-6(2)5-9(12)10-7(3)8(4)11;/h3*8-9,11H,6-7H2,1-5H3,(H,13,15);7-8H,3-6H2,1-2H3,(H,13,14);2*8-9H,4-7H2,1-3H3;3*6-7H,5H2,1-4H3,(H,10,12);1H4/t2*11-;;8-;9-;;2*7-;;/m10.11.10../s1. The summed E-state index contributed by atoms with van der Waals surface area (Å²) in [7, 11) is 0. The van der Waals surface area contributed by atoms with Crippen LogP contribution in [0.25, 0.3) is 0 Å². The Morgan fingerprint density at radius 1 is 0.267 bits per heavy atom. The first-order valence-electron chi connectivity index (χ1n) is 44.4. The summed E-state index contributed by atoms with van der Waals surface area (Å²) >= 11 is 0. The molecule has 0 aromatic rings. The fourth-order valence-corrected chi connectivity index (χ4v) is 11.9. The van der Waals surface area contributed by atoms with Crippen molar-refractivity contribution < 1.29 is 81.8 Å². The first-order chi connectivity index (χ1) is 54.5. The van der Waals surface area contributed by atoms with Gasteiger partial charge < -0.3 is 51.7 Å². The van der Waals surface area contributed by atoms with Gasteiger partial charge >= 0.3 is 5.97 Å². The van der Waals surface area contributed by atoms with Gasteiger partial charge in [-0.3, -0.25) is 71.9 Å². The highest BCUT2D eigenvalue weighted by Gasteiger charge is 2.34. The van der Waals surface area contributed by atoms with Crippen molar-refractivity contribution in [1.29, 1.82) is 0 Å². The molecule has 0 radical (unpaired) electrons. The third-order valence-corrected chi connectivity index (χ3v) is 18.5. The third-order valence-electron chi connectivity index (χ3n) is 18.5. The maximum Gasteiger partial charge on any atom is 0.326 e. The number of amides is 9. The lowest BCUT2D eigenvalue weighted by Crippen LogP contribution is -2.41. The molecular formula is C94H179N9O17. The molecule has 0 aromatic carbocycles. The number of aliphatic carboxylic acids is 1. The van der Waals surface area contributed by atoms with Gasteiger partial charge in [0, 0.05) is 89.5 Å². The van der Waals surface area contributed by atoms with E-state index in [0.29, 0.717) is 160 Å². The van der Waals surface area contributed by atoms with Crippen LogP contribution in [-0.2, 0) is 76.7 Å². The van der Waals surface area contributed by atoms with Crippen molar-refractivity contribution in [2.45, 2.75) is 420 Å². The van der Waals surface area contributed by atoms with Crippen LogP contribution in [0.4, 0.5) is 0 Å². The van der Waals surface area contributed by atoms with E-state index in [4.69, 9.17) is 5.11 Å². The summed E-state index contributed by atoms with van der Waals surface area (Å²) in [6.45, 7) is 69.3. The minimum atomic E-state index is -0.875. The lowest BCUT2D eigenvalue weighted by molar-refractivity contribution is -0.148. The molecule has 7 N–H and O–H groups in total. The number of likely N-dealkylation sites (tertiary alicyclic amines) is 3. The van der Waals surface area contributed by atoms with Crippen molar-refractivity contribution in [3.05, 3.63) is 0 Å². The number of nitrogens with zero attached hydrogens (tertiary/aromatic N) is 3. The second-order valence-corrected chi connectivity index (χ2v) is 37.9. The van der Waals surface area contributed by atoms with Gasteiger partial charge in [0.25, 0.3) is 0 Å². The highest BCUT2D eigenvalue weighted by Crippen LogP contribution is 2.22. The van der Waals surface area contributed by atoms with Crippen molar-refractivity contribution in [3.8, 4) is 0 Å². The zero-order chi connectivity index (χ0) is 94.2. The van der Waals surface area contributed by atoms with E-state index in [9.17, 15) is 76.7 Å². The van der Waals surface area contributed by atoms with Gasteiger partial charge in [-0.25, -0.2) is 4.79 Å². The summed E-state index contributed by atoms with van der Waals surface area (Å²) in [4.78, 5) is 185. The predicted molar refractivity (Wildman–Crippen MR) is 486 cm³/mol. The molecule has 9 atom stereocenters. The number of ketones is 6. The van der Waals surface area contributed by atoms with Crippen molar-refractivity contribution in [2.24, 2.45) is 71.0 Å². The summed E-state index contributed by atoms with van der Waals surface area (Å²) in [6.07, 6.45) is 13.1. The van der Waals surface area contributed by atoms with Gasteiger partial charge in [-0.2, -0.15) is 0 Å². The number of carboxylic acids is 1. The van der Waals surface area contributed by atoms with Crippen molar-refractivity contribution in [3.63, 3.8) is 0 Å². The summed E-state index contributed by atoms with van der Waals surface area (Å²) in [6, 6.07) is -1.60. The average Bonchev–Trinajstić information content (AvgIpc) is 1.71. The number of nitrogens with one attached hydrogen (secondary N) is 6. The van der Waals surface area contributed by atoms with Crippen molar-refractivity contribution in [1.82, 2.24) is 46.6 Å². The van der Waals surface area contributed by atoms with Crippen LogP contribution in [-0.4, -0.2) is 188 Å². The van der Waals surface area contributed by atoms with Gasteiger partial charge in [0.15, 0.2) is 34.7 Å². The number of hydrogen-bond donors (Lipinski definition) is 7. The van der Waals surface area contributed by atoms with Crippen LogP contribution >= 0.6 is 0 Å². The second-order valence-electron chi connectivity index (χ2n) is 37.9. The van der Waals surface area contributed by atoms with Crippen LogP contribution in [0.2, 0.25) is 0 Å². The first kappa shape index (κ1) is 126. The summed E-state index contributed by atoms with van der Waals surface area (Å²) in [5.41, 5.74) is 0. The number of hydrogen-bond acceptors (Lipinski definition) is 16. The number of carboxylic acid groups (broad SMARTS) is 1. The van der Waals surface area contributed by atoms with Crippen LogP contribution in [0.5, 0.6) is 0 Å². The molecule has 3 saturated heterocycles. The Hall–Kier alpha value is -7.28. The van der Waals surface area contributed by atoms with Crippen molar-refractivity contribution in [2.75, 3.05) is 19.6 Å². The lowest BCUT2D eigenvalue weighted by atomic mass is 10.0. The molecule has 3 heterocycles. The molecule has 0 saturated carbocycles. The van der Waals surface area contributed by atoms with Gasteiger partial charge in [0.05, 0.1) is 36.3 Å². The number of carbonyl (C=O) groups is 16. The molecular weight excluding hydrogens is 1530 g/mol. The molecule has 3 fully saturated rings. The fourth-order valence-electron chi connectivity index (χ4n) is 11.9. The van der Waals surface area contributed by atoms with Gasteiger partial charge in [0.2, 0.25) is 53.2 Å². The zero-order valence-corrected chi connectivity index (χ0v) is 81.3. The number of Topliss-reactive ketones (excluding diaryl/α,β-unsaturated/α-hetero) is 6. The molecule has 3 rings (SSSR count). The van der Waals surface area contributed by atoms with Crippen LogP contribution in [0, 0.1) is 71.0 Å². The minimum Gasteiger partial charge on any atom is -0.480 e. The quantitative estimate of drug-likeness (QED) is 0.0304. The average molecular weight is 1710 g/mol. The van der Waals surface area contributed by atoms with E-state index in [-0.39, 0.29) is 126 Å². The second kappa shape index (κ2) is 70.2. The van der Waals surface area contributed by atoms with Gasteiger partial charge in [0.1, 0.15) is 6.04 Å². The monoisotopic (exact) mass is 1710 g/mol. The van der Waals surface area contributed by atoms with E-state index in [1.54, 1.807) is 20.8 Å². The lowest BCUT2D eigenvalue weighted by Gasteiger charge is -2.22. The Morgan fingerprint density at radius 3 is 0.608 bits per heavy atom. The topological polar surface area (TPSA) is 375 Å². The van der Waals surface area contributed by atoms with E-state index in [2.05, 4.69) is 73.4 Å². The van der Waals surface area contributed by atoms with Crippen LogP contribution in [0.1, 0.15) is 365 Å². The van der Waals surface area contributed by atoms with E-state index in [1.165, 1.54) is 72.1 Å². The molecule has 702 valence electrons. The Balaban J connectivity index is -0.000000240. The maximum atomic E-state index is 11.6. The van der Waals surface area contributed by atoms with Crippen LogP contribution in [0.15, 0.2) is 0 Å². The summed E-state index contributed by atoms with van der Waals surface area (Å²) in [5, 5.41) is 25.1. The van der Waals surface area contributed by atoms with E-state index >= 15 is 0 Å². The number of carbonyl (C=O) groups excluding carboxylic acids is 15. The van der Waals surface area contributed by atoms with Gasteiger partial charge in [-0.1, -0.05) is 174 Å². The van der Waals surface area contributed by atoms with Gasteiger partial charge in [-0.05, 0) is 205 Å². The Morgan fingerprint density at radius 2 is 0.450 bits per heavy atom. The predicted octanol–water partition coefficient (Wildman–Crippen LogP) is 15.7. The molecule has 0 aromatic heterocycles. The Bertz CT molecular complexity index is 2750. The van der Waals surface area contributed by atoms with Crippen LogP contribution < -0.4 is 31.9 Å². The zero-order valence-electron chi connectivity index (χ0n) is 81.3. The molecule has 3 aliphatic heterocycles. The summed E-state index contributed by atoms with van der Waals surface area (Å²) < 4.78 is 0. The molecule has 120 heavy (non-hydrogen) atoms. The van der Waals surface area contributed by atoms with E-state index < -0.39 is 12.0 Å². The number of rotatable bonds is 37. The molecule has 0 aliphatic carbocycles. The molecule has 9 amide bonds. The molecule has 26 heteroatoms. The molecule has 0 bridgehead atoms. The Kier molecular flexibility index (Phi) is 73.6. The fraction of sp³-hybridized carbons (Fsp3) is 0.830. The highest BCUT2D eigenvalue weighted by atomic mass is 16.4. The smallest absolute Gasteiger partial charge is 0.326 e. The first-order valence-corrected chi connectivity index (χ1v) is 44.4. The van der Waals surface area contributed by atoms with E-state index in [1.807, 2.05) is 148 Å². The van der Waals surface area contributed by atoms with Gasteiger partial charge in [-0.15, -0.1) is 0 Å². The third kappa shape index (κ3) is 73.4. The Labute approximate surface area is 729 Å². The van der Waals surface area contributed by atoms with Crippen molar-refractivity contribution >= 4 is 93.8 Å². The largest absolute Gasteiger partial charge is 0.480 e. The highest BCUT2D eigenvalue weighted by molar-refractivity contribution is 5.91. The normalized spacial score (nSPS) is 16.0. The summed E-state index contributed by atoms with van der Waals surface area (Å²) in [5.74, 6) is 4.20. The molecule has 3 aliphatic rings. The van der Waals surface area contributed by atoms with E-state index in [0.717, 1.165) is 38.8 Å². The molecule has 26 nitrogen and oxygen atoms in total. The minimum absolute atomic E-state index is 0. The van der Waals surface area contributed by atoms with Crippen LogP contribution in [0.3, 0.4) is 0 Å². The molecule has 0 spiro atoms.